The molecule has 0 aromatic carbocycles. The van der Waals surface area contributed by atoms with Crippen LogP contribution >= 0.6 is 0 Å². The summed E-state index contributed by atoms with van der Waals surface area (Å²) in [4.78, 5) is 2.68. The molecule has 3 unspecified atom stereocenters. The molecule has 1 saturated carbocycles. The number of methoxy groups -OCH3 is 1. The molecule has 0 spiro atoms. The van der Waals surface area contributed by atoms with Crippen LogP contribution in [0, 0.1) is 0 Å². The minimum atomic E-state index is -0.0732. The van der Waals surface area contributed by atoms with Gasteiger partial charge >= 0.3 is 0 Å². The van der Waals surface area contributed by atoms with Crippen LogP contribution in [0.2, 0.25) is 0 Å². The number of hydrogen-bond acceptors (Lipinski definition) is 4. The molecule has 1 aliphatic carbocycles. The summed E-state index contributed by atoms with van der Waals surface area (Å²) in [6.07, 6.45) is 5.11. The molecule has 2 saturated heterocycles. The van der Waals surface area contributed by atoms with Gasteiger partial charge in [-0.05, 0) is 26.2 Å². The SMILES string of the molecule is COC1(CNC2CC(C)N(C3CC3)C2)CCOC1. The Kier molecular flexibility index (Phi) is 3.63. The Labute approximate surface area is 110 Å². The van der Waals surface area contributed by atoms with Gasteiger partial charge in [0.15, 0.2) is 0 Å². The Morgan fingerprint density at radius 1 is 1.44 bits per heavy atom. The minimum Gasteiger partial charge on any atom is -0.378 e. The van der Waals surface area contributed by atoms with Crippen LogP contribution in [-0.2, 0) is 9.47 Å². The number of hydrogen-bond donors (Lipinski definition) is 1. The van der Waals surface area contributed by atoms with Gasteiger partial charge in [0.1, 0.15) is 5.60 Å². The number of nitrogens with zero attached hydrogens (tertiary/aromatic N) is 1. The Hall–Kier alpha value is -0.160. The maximum atomic E-state index is 5.67. The summed E-state index contributed by atoms with van der Waals surface area (Å²) >= 11 is 0. The number of rotatable bonds is 5. The molecule has 2 aliphatic heterocycles. The van der Waals surface area contributed by atoms with E-state index < -0.39 is 0 Å². The van der Waals surface area contributed by atoms with Gasteiger partial charge in [-0.1, -0.05) is 0 Å². The Balaban J connectivity index is 1.48. The zero-order valence-electron chi connectivity index (χ0n) is 11.7. The topological polar surface area (TPSA) is 33.7 Å². The fourth-order valence-corrected chi connectivity index (χ4v) is 3.41. The van der Waals surface area contributed by atoms with Crippen LogP contribution in [0.5, 0.6) is 0 Å². The van der Waals surface area contributed by atoms with Gasteiger partial charge in [-0.2, -0.15) is 0 Å². The van der Waals surface area contributed by atoms with E-state index in [1.165, 1.54) is 25.8 Å². The van der Waals surface area contributed by atoms with Crippen LogP contribution in [0.4, 0.5) is 0 Å². The highest BCUT2D eigenvalue weighted by atomic mass is 16.5. The highest BCUT2D eigenvalue weighted by molar-refractivity contribution is 4.97. The van der Waals surface area contributed by atoms with Crippen molar-refractivity contribution in [3.63, 3.8) is 0 Å². The van der Waals surface area contributed by atoms with E-state index in [-0.39, 0.29) is 5.60 Å². The van der Waals surface area contributed by atoms with Crippen LogP contribution in [0.15, 0.2) is 0 Å². The highest BCUT2D eigenvalue weighted by Gasteiger charge is 2.40. The molecule has 4 heteroatoms. The van der Waals surface area contributed by atoms with Crippen molar-refractivity contribution in [2.45, 2.75) is 56.3 Å². The molecule has 4 nitrogen and oxygen atoms in total. The number of nitrogens with one attached hydrogen (secondary N) is 1. The lowest BCUT2D eigenvalue weighted by Crippen LogP contribution is -2.47. The van der Waals surface area contributed by atoms with Crippen molar-refractivity contribution in [2.24, 2.45) is 0 Å². The fraction of sp³-hybridized carbons (Fsp3) is 1.00. The second-order valence-electron chi connectivity index (χ2n) is 6.28. The third kappa shape index (κ3) is 2.57. The molecule has 1 N–H and O–H groups in total. The molecule has 3 fully saturated rings. The molecule has 0 aromatic heterocycles. The van der Waals surface area contributed by atoms with Crippen molar-refractivity contribution in [3.8, 4) is 0 Å². The van der Waals surface area contributed by atoms with Gasteiger partial charge in [0.25, 0.3) is 0 Å². The molecule has 18 heavy (non-hydrogen) atoms. The maximum absolute atomic E-state index is 5.67. The summed E-state index contributed by atoms with van der Waals surface area (Å²) in [5.41, 5.74) is -0.0732. The molecule has 104 valence electrons. The molecule has 3 atom stereocenters. The zero-order chi connectivity index (χ0) is 12.6. The Morgan fingerprint density at radius 2 is 2.28 bits per heavy atom. The summed E-state index contributed by atoms with van der Waals surface area (Å²) in [6, 6.07) is 2.26. The molecule has 3 rings (SSSR count). The molecule has 2 heterocycles. The summed E-state index contributed by atoms with van der Waals surface area (Å²) in [7, 11) is 1.81. The summed E-state index contributed by atoms with van der Waals surface area (Å²) in [5.74, 6) is 0. The first-order valence-corrected chi connectivity index (χ1v) is 7.34. The van der Waals surface area contributed by atoms with Crippen molar-refractivity contribution < 1.29 is 9.47 Å². The molecule has 0 amide bonds. The highest BCUT2D eigenvalue weighted by Crippen LogP contribution is 2.33. The molecule has 0 aromatic rings. The normalized spacial score (nSPS) is 41.7. The maximum Gasteiger partial charge on any atom is 0.106 e. The van der Waals surface area contributed by atoms with Gasteiger partial charge < -0.3 is 14.8 Å². The van der Waals surface area contributed by atoms with E-state index in [4.69, 9.17) is 9.47 Å². The smallest absolute Gasteiger partial charge is 0.106 e. The Morgan fingerprint density at radius 3 is 2.89 bits per heavy atom. The van der Waals surface area contributed by atoms with E-state index in [0.29, 0.717) is 6.04 Å². The van der Waals surface area contributed by atoms with Gasteiger partial charge in [0, 0.05) is 51.4 Å². The van der Waals surface area contributed by atoms with Crippen molar-refractivity contribution in [1.82, 2.24) is 10.2 Å². The summed E-state index contributed by atoms with van der Waals surface area (Å²) in [5, 5.41) is 3.71. The van der Waals surface area contributed by atoms with Crippen LogP contribution in [0.1, 0.15) is 32.6 Å². The van der Waals surface area contributed by atoms with Crippen molar-refractivity contribution in [2.75, 3.05) is 33.4 Å². The number of ether oxygens (including phenoxy) is 2. The van der Waals surface area contributed by atoms with Crippen LogP contribution in [0.25, 0.3) is 0 Å². The van der Waals surface area contributed by atoms with Gasteiger partial charge in [-0.3, -0.25) is 4.90 Å². The lowest BCUT2D eigenvalue weighted by Gasteiger charge is -2.28. The van der Waals surface area contributed by atoms with E-state index in [2.05, 4.69) is 17.1 Å². The average molecular weight is 254 g/mol. The first-order chi connectivity index (χ1) is 8.72. The largest absolute Gasteiger partial charge is 0.378 e. The van der Waals surface area contributed by atoms with E-state index in [0.717, 1.165) is 38.3 Å². The fourth-order valence-electron chi connectivity index (χ4n) is 3.41. The monoisotopic (exact) mass is 254 g/mol. The third-order valence-electron chi connectivity index (χ3n) is 4.85. The van der Waals surface area contributed by atoms with E-state index in [1.54, 1.807) is 0 Å². The van der Waals surface area contributed by atoms with Gasteiger partial charge in [0.2, 0.25) is 0 Å². The van der Waals surface area contributed by atoms with Crippen molar-refractivity contribution >= 4 is 0 Å². The summed E-state index contributed by atoms with van der Waals surface area (Å²) < 4.78 is 11.2. The van der Waals surface area contributed by atoms with Crippen LogP contribution in [0.3, 0.4) is 0 Å². The molecule has 3 aliphatic rings. The second kappa shape index (κ2) is 5.08. The quantitative estimate of drug-likeness (QED) is 0.794. The van der Waals surface area contributed by atoms with E-state index in [1.807, 2.05) is 7.11 Å². The molecular weight excluding hydrogens is 228 g/mol. The van der Waals surface area contributed by atoms with Crippen LogP contribution < -0.4 is 5.32 Å². The van der Waals surface area contributed by atoms with E-state index in [9.17, 15) is 0 Å². The van der Waals surface area contributed by atoms with Crippen molar-refractivity contribution in [1.29, 1.82) is 0 Å². The standard InChI is InChI=1S/C14H26N2O2/c1-11-7-12(8-16(11)13-3-4-13)15-9-14(17-2)5-6-18-10-14/h11-13,15H,3-10H2,1-2H3. The minimum absolute atomic E-state index is 0.0732. The van der Waals surface area contributed by atoms with Crippen molar-refractivity contribution in [3.05, 3.63) is 0 Å². The van der Waals surface area contributed by atoms with Crippen LogP contribution in [-0.4, -0.2) is 62.0 Å². The molecule has 0 radical (unpaired) electrons. The molecule has 0 bridgehead atoms. The van der Waals surface area contributed by atoms with Gasteiger partial charge in [0.05, 0.1) is 6.61 Å². The summed E-state index contributed by atoms with van der Waals surface area (Å²) in [6.45, 7) is 6.09. The lowest BCUT2D eigenvalue weighted by molar-refractivity contribution is -0.0173. The van der Waals surface area contributed by atoms with Gasteiger partial charge in [-0.15, -0.1) is 0 Å². The van der Waals surface area contributed by atoms with E-state index >= 15 is 0 Å². The predicted molar refractivity (Wildman–Crippen MR) is 70.8 cm³/mol. The first kappa shape index (κ1) is 12.9. The Bertz CT molecular complexity index is 288. The second-order valence-corrected chi connectivity index (χ2v) is 6.28. The first-order valence-electron chi connectivity index (χ1n) is 7.34. The molecular formula is C14H26N2O2. The average Bonchev–Trinajstić information content (AvgIpc) is 2.99. The van der Waals surface area contributed by atoms with Gasteiger partial charge in [-0.25, -0.2) is 0 Å². The third-order valence-corrected chi connectivity index (χ3v) is 4.85. The predicted octanol–water partition coefficient (Wildman–Crippen LogP) is 1.01. The lowest BCUT2D eigenvalue weighted by atomic mass is 10.0. The number of likely N-dealkylation sites (tertiary alicyclic amines) is 1. The zero-order valence-corrected chi connectivity index (χ0v) is 11.7.